The summed E-state index contributed by atoms with van der Waals surface area (Å²) in [5, 5.41) is 6.32. The first kappa shape index (κ1) is 12.1. The van der Waals surface area contributed by atoms with E-state index in [1.807, 2.05) is 19.1 Å². The lowest BCUT2D eigenvalue weighted by molar-refractivity contribution is -0.117. The van der Waals surface area contributed by atoms with Crippen LogP contribution in [0.3, 0.4) is 0 Å². The number of fused-ring (bicyclic) bond motifs is 1. The Morgan fingerprint density at radius 1 is 1.29 bits per heavy atom. The molecule has 1 aromatic rings. The summed E-state index contributed by atoms with van der Waals surface area (Å²) in [6.45, 7) is 8.47. The third-order valence-corrected chi connectivity index (χ3v) is 3.47. The van der Waals surface area contributed by atoms with Crippen LogP contribution in [-0.2, 0) is 4.79 Å². The Kier molecular flexibility index (Phi) is 3.20. The number of hydrogen-bond donors (Lipinski definition) is 2. The van der Waals surface area contributed by atoms with Crippen LogP contribution in [-0.4, -0.2) is 11.9 Å². The van der Waals surface area contributed by atoms with Crippen LogP contribution in [0.4, 0.5) is 5.69 Å². The van der Waals surface area contributed by atoms with E-state index < -0.39 is 0 Å². The molecule has 2 atom stereocenters. The smallest absolute Gasteiger partial charge is 0.246 e. The lowest BCUT2D eigenvalue weighted by Crippen LogP contribution is -2.37. The van der Waals surface area contributed by atoms with Crippen molar-refractivity contribution in [2.75, 3.05) is 5.32 Å². The molecule has 0 bridgehead atoms. The lowest BCUT2D eigenvalue weighted by Gasteiger charge is -2.21. The van der Waals surface area contributed by atoms with Crippen LogP contribution >= 0.6 is 0 Å². The van der Waals surface area contributed by atoms with Crippen molar-refractivity contribution < 1.29 is 4.79 Å². The molecule has 3 nitrogen and oxygen atoms in total. The van der Waals surface area contributed by atoms with E-state index in [0.717, 1.165) is 11.3 Å². The van der Waals surface area contributed by atoms with Crippen LogP contribution in [0.5, 0.6) is 0 Å². The Labute approximate surface area is 103 Å². The molecule has 1 amide bonds. The Hall–Kier alpha value is -1.35. The SMILES string of the molecule is Cc1ccc2c(c1)C(NC(C)C(C)C)C(=O)N2. The molecular weight excluding hydrogens is 212 g/mol. The molecule has 1 aromatic carbocycles. The molecule has 2 unspecified atom stereocenters. The van der Waals surface area contributed by atoms with Gasteiger partial charge in [0.1, 0.15) is 6.04 Å². The second kappa shape index (κ2) is 4.49. The maximum atomic E-state index is 11.9. The highest BCUT2D eigenvalue weighted by atomic mass is 16.2. The fourth-order valence-electron chi connectivity index (χ4n) is 2.00. The third-order valence-electron chi connectivity index (χ3n) is 3.47. The third kappa shape index (κ3) is 2.34. The van der Waals surface area contributed by atoms with E-state index in [1.54, 1.807) is 0 Å². The first-order valence-corrected chi connectivity index (χ1v) is 6.16. The minimum absolute atomic E-state index is 0.0538. The number of aryl methyl sites for hydroxylation is 1. The van der Waals surface area contributed by atoms with E-state index in [0.29, 0.717) is 12.0 Å². The van der Waals surface area contributed by atoms with Crippen molar-refractivity contribution in [3.8, 4) is 0 Å². The minimum Gasteiger partial charge on any atom is -0.324 e. The van der Waals surface area contributed by atoms with Crippen molar-refractivity contribution in [2.24, 2.45) is 5.92 Å². The summed E-state index contributed by atoms with van der Waals surface area (Å²) < 4.78 is 0. The van der Waals surface area contributed by atoms with Crippen LogP contribution < -0.4 is 10.6 Å². The number of nitrogens with one attached hydrogen (secondary N) is 2. The predicted octanol–water partition coefficient (Wildman–Crippen LogP) is 2.62. The van der Waals surface area contributed by atoms with Crippen LogP contribution in [0, 0.1) is 12.8 Å². The monoisotopic (exact) mass is 232 g/mol. The molecule has 0 spiro atoms. The quantitative estimate of drug-likeness (QED) is 0.841. The summed E-state index contributed by atoms with van der Waals surface area (Å²) in [7, 11) is 0. The van der Waals surface area contributed by atoms with Crippen molar-refractivity contribution in [3.63, 3.8) is 0 Å². The molecule has 0 radical (unpaired) electrons. The zero-order chi connectivity index (χ0) is 12.6. The molecule has 0 aliphatic carbocycles. The van der Waals surface area contributed by atoms with Gasteiger partial charge in [-0.15, -0.1) is 0 Å². The van der Waals surface area contributed by atoms with Crippen molar-refractivity contribution in [1.82, 2.24) is 5.32 Å². The maximum Gasteiger partial charge on any atom is 0.246 e. The molecule has 1 heterocycles. The largest absolute Gasteiger partial charge is 0.324 e. The van der Waals surface area contributed by atoms with Crippen LogP contribution in [0.2, 0.25) is 0 Å². The first-order valence-electron chi connectivity index (χ1n) is 6.16. The number of benzene rings is 1. The molecule has 3 heteroatoms. The van der Waals surface area contributed by atoms with Gasteiger partial charge in [0, 0.05) is 17.3 Å². The first-order chi connectivity index (χ1) is 7.99. The van der Waals surface area contributed by atoms with Gasteiger partial charge in [0.2, 0.25) is 5.91 Å². The molecule has 0 saturated heterocycles. The summed E-state index contributed by atoms with van der Waals surface area (Å²) in [5.74, 6) is 0.565. The maximum absolute atomic E-state index is 11.9. The number of carbonyl (C=O) groups excluding carboxylic acids is 1. The second-order valence-electron chi connectivity index (χ2n) is 5.21. The van der Waals surface area contributed by atoms with Gasteiger partial charge in [-0.25, -0.2) is 0 Å². The predicted molar refractivity (Wildman–Crippen MR) is 70.0 cm³/mol. The van der Waals surface area contributed by atoms with E-state index >= 15 is 0 Å². The molecule has 0 saturated carbocycles. The van der Waals surface area contributed by atoms with E-state index in [4.69, 9.17) is 0 Å². The van der Waals surface area contributed by atoms with Gasteiger partial charge in [0.05, 0.1) is 0 Å². The van der Waals surface area contributed by atoms with Gasteiger partial charge in [-0.1, -0.05) is 31.5 Å². The normalized spacial score (nSPS) is 20.3. The second-order valence-corrected chi connectivity index (χ2v) is 5.21. The molecule has 1 aliphatic heterocycles. The molecular formula is C14H20N2O. The molecule has 92 valence electrons. The number of hydrogen-bond acceptors (Lipinski definition) is 2. The number of carbonyl (C=O) groups is 1. The van der Waals surface area contributed by atoms with Crippen molar-refractivity contribution >= 4 is 11.6 Å². The molecule has 0 fully saturated rings. The Morgan fingerprint density at radius 2 is 2.00 bits per heavy atom. The highest BCUT2D eigenvalue weighted by Crippen LogP contribution is 2.32. The Morgan fingerprint density at radius 3 is 2.65 bits per heavy atom. The summed E-state index contributed by atoms with van der Waals surface area (Å²) in [4.78, 5) is 11.9. The van der Waals surface area contributed by atoms with Gasteiger partial charge in [-0.05, 0) is 25.8 Å². The van der Waals surface area contributed by atoms with Crippen LogP contribution in [0.25, 0.3) is 0 Å². The molecule has 17 heavy (non-hydrogen) atoms. The summed E-state index contributed by atoms with van der Waals surface area (Å²) >= 11 is 0. The Bertz CT molecular complexity index is 440. The van der Waals surface area contributed by atoms with Gasteiger partial charge in [-0.2, -0.15) is 0 Å². The Balaban J connectivity index is 2.25. The minimum atomic E-state index is -0.206. The topological polar surface area (TPSA) is 41.1 Å². The average Bonchev–Trinajstić information content (AvgIpc) is 2.55. The molecule has 1 aliphatic rings. The summed E-state index contributed by atoms with van der Waals surface area (Å²) in [6.07, 6.45) is 0. The van der Waals surface area contributed by atoms with Gasteiger partial charge in [0.25, 0.3) is 0 Å². The van der Waals surface area contributed by atoms with Gasteiger partial charge in [-0.3, -0.25) is 10.1 Å². The zero-order valence-electron chi connectivity index (χ0n) is 10.9. The van der Waals surface area contributed by atoms with Crippen molar-refractivity contribution in [1.29, 1.82) is 0 Å². The van der Waals surface area contributed by atoms with E-state index in [1.165, 1.54) is 5.56 Å². The molecule has 2 N–H and O–H groups in total. The van der Waals surface area contributed by atoms with Crippen molar-refractivity contribution in [3.05, 3.63) is 29.3 Å². The summed E-state index contributed by atoms with van der Waals surface area (Å²) in [6, 6.07) is 6.19. The molecule has 0 aromatic heterocycles. The zero-order valence-corrected chi connectivity index (χ0v) is 10.9. The number of anilines is 1. The number of rotatable bonds is 3. The highest BCUT2D eigenvalue weighted by Gasteiger charge is 2.31. The van der Waals surface area contributed by atoms with Gasteiger partial charge in [0.15, 0.2) is 0 Å². The van der Waals surface area contributed by atoms with E-state index in [9.17, 15) is 4.79 Å². The van der Waals surface area contributed by atoms with Crippen molar-refractivity contribution in [2.45, 2.75) is 39.8 Å². The van der Waals surface area contributed by atoms with E-state index in [-0.39, 0.29) is 11.9 Å². The highest BCUT2D eigenvalue weighted by molar-refractivity contribution is 6.02. The number of amides is 1. The average molecular weight is 232 g/mol. The van der Waals surface area contributed by atoms with Gasteiger partial charge >= 0.3 is 0 Å². The fourth-order valence-corrected chi connectivity index (χ4v) is 2.00. The van der Waals surface area contributed by atoms with Crippen LogP contribution in [0.15, 0.2) is 18.2 Å². The fraction of sp³-hybridized carbons (Fsp3) is 0.500. The van der Waals surface area contributed by atoms with Gasteiger partial charge < -0.3 is 5.32 Å². The molecule has 2 rings (SSSR count). The summed E-state index contributed by atoms with van der Waals surface area (Å²) in [5.41, 5.74) is 3.20. The lowest BCUT2D eigenvalue weighted by atomic mass is 10.0. The van der Waals surface area contributed by atoms with Crippen LogP contribution in [0.1, 0.15) is 37.9 Å². The van der Waals surface area contributed by atoms with E-state index in [2.05, 4.69) is 37.5 Å². The standard InChI is InChI=1S/C14H20N2O/c1-8(2)10(4)15-13-11-7-9(3)5-6-12(11)16-14(13)17/h5-8,10,13,15H,1-4H3,(H,16,17).